The van der Waals surface area contributed by atoms with E-state index in [1.165, 1.54) is 0 Å². The van der Waals surface area contributed by atoms with Crippen LogP contribution < -0.4 is 10.6 Å². The zero-order valence-electron chi connectivity index (χ0n) is 17.0. The fourth-order valence-corrected chi connectivity index (χ4v) is 3.52. The van der Waals surface area contributed by atoms with Crippen LogP contribution in [0.25, 0.3) is 5.57 Å². The lowest BCUT2D eigenvalue weighted by molar-refractivity contribution is -0.137. The van der Waals surface area contributed by atoms with Crippen LogP contribution in [0.5, 0.6) is 0 Å². The molecule has 0 aliphatic carbocycles. The normalized spacial score (nSPS) is 11.1. The summed E-state index contributed by atoms with van der Waals surface area (Å²) >= 11 is 12.0. The Morgan fingerprint density at radius 3 is 2.53 bits per heavy atom. The molecule has 3 rings (SSSR count). The smallest absolute Gasteiger partial charge is 0.323 e. The Bertz CT molecular complexity index is 1130. The Kier molecular flexibility index (Phi) is 8.25. The van der Waals surface area contributed by atoms with Gasteiger partial charge in [0.25, 0.3) is 0 Å². The van der Waals surface area contributed by atoms with Crippen molar-refractivity contribution in [3.63, 3.8) is 0 Å². The number of aromatic nitrogens is 1. The SMILES string of the molecule is O=C(O)CCCC=C(c1cccnc1)c1cccc(NC(=O)Nc2ccc(Cl)cc2Cl)c1. The van der Waals surface area contributed by atoms with Crippen molar-refractivity contribution in [3.05, 3.63) is 94.2 Å². The minimum absolute atomic E-state index is 0.103. The molecular formula is C24H21Cl2N3O3. The number of hydrogen-bond donors (Lipinski definition) is 3. The zero-order valence-corrected chi connectivity index (χ0v) is 18.5. The number of nitrogens with one attached hydrogen (secondary N) is 2. The number of aliphatic carboxylic acids is 1. The molecule has 0 aliphatic heterocycles. The van der Waals surface area contributed by atoms with E-state index in [4.69, 9.17) is 28.3 Å². The molecule has 3 aromatic rings. The van der Waals surface area contributed by atoms with Gasteiger partial charge in [-0.15, -0.1) is 0 Å². The number of carboxylic acid groups (broad SMARTS) is 1. The molecule has 0 saturated heterocycles. The highest BCUT2D eigenvalue weighted by atomic mass is 35.5. The summed E-state index contributed by atoms with van der Waals surface area (Å²) in [6.45, 7) is 0. The molecular weight excluding hydrogens is 449 g/mol. The van der Waals surface area contributed by atoms with Crippen molar-refractivity contribution in [1.29, 1.82) is 0 Å². The van der Waals surface area contributed by atoms with Crippen LogP contribution in [-0.4, -0.2) is 22.1 Å². The van der Waals surface area contributed by atoms with E-state index in [0.717, 1.165) is 16.7 Å². The predicted molar refractivity (Wildman–Crippen MR) is 128 cm³/mol. The molecule has 0 saturated carbocycles. The Balaban J connectivity index is 1.78. The van der Waals surface area contributed by atoms with Crippen molar-refractivity contribution < 1.29 is 14.7 Å². The van der Waals surface area contributed by atoms with E-state index in [2.05, 4.69) is 15.6 Å². The van der Waals surface area contributed by atoms with Crippen molar-refractivity contribution in [3.8, 4) is 0 Å². The Labute approximate surface area is 195 Å². The predicted octanol–water partition coefficient (Wildman–Crippen LogP) is 6.72. The third kappa shape index (κ3) is 6.83. The number of nitrogens with zero attached hydrogens (tertiary/aromatic N) is 1. The number of anilines is 2. The van der Waals surface area contributed by atoms with Crippen molar-refractivity contribution >= 4 is 52.2 Å². The van der Waals surface area contributed by atoms with E-state index in [0.29, 0.717) is 34.3 Å². The molecule has 0 aliphatic rings. The average molecular weight is 470 g/mol. The third-order valence-electron chi connectivity index (χ3n) is 4.53. The van der Waals surface area contributed by atoms with Crippen LogP contribution >= 0.6 is 23.2 Å². The van der Waals surface area contributed by atoms with Gasteiger partial charge in [0.2, 0.25) is 0 Å². The first-order valence-corrected chi connectivity index (χ1v) is 10.6. The van der Waals surface area contributed by atoms with Crippen LogP contribution in [0.15, 0.2) is 73.1 Å². The monoisotopic (exact) mass is 469 g/mol. The summed E-state index contributed by atoms with van der Waals surface area (Å²) < 4.78 is 0. The Morgan fingerprint density at radius 2 is 1.81 bits per heavy atom. The maximum atomic E-state index is 12.5. The number of hydrogen-bond acceptors (Lipinski definition) is 3. The molecule has 0 radical (unpaired) electrons. The molecule has 164 valence electrons. The van der Waals surface area contributed by atoms with Crippen LogP contribution in [0.1, 0.15) is 30.4 Å². The van der Waals surface area contributed by atoms with Gasteiger partial charge in [-0.3, -0.25) is 9.78 Å². The highest BCUT2D eigenvalue weighted by Gasteiger charge is 2.10. The number of rotatable bonds is 8. The summed E-state index contributed by atoms with van der Waals surface area (Å²) in [7, 11) is 0. The van der Waals surface area contributed by atoms with Gasteiger partial charge in [-0.05, 0) is 60.4 Å². The molecule has 0 fully saturated rings. The average Bonchev–Trinajstić information content (AvgIpc) is 2.76. The van der Waals surface area contributed by atoms with Gasteiger partial charge in [-0.1, -0.05) is 47.5 Å². The number of halogens is 2. The fourth-order valence-electron chi connectivity index (χ4n) is 3.06. The molecule has 0 unspecified atom stereocenters. The first-order valence-electron chi connectivity index (χ1n) is 9.88. The second kappa shape index (κ2) is 11.3. The number of carbonyl (C=O) groups is 2. The summed E-state index contributed by atoms with van der Waals surface area (Å²) in [5.74, 6) is -0.820. The third-order valence-corrected chi connectivity index (χ3v) is 5.07. The van der Waals surface area contributed by atoms with Crippen LogP contribution in [0.2, 0.25) is 10.0 Å². The van der Waals surface area contributed by atoms with Gasteiger partial charge < -0.3 is 15.7 Å². The Hall–Kier alpha value is -3.35. The van der Waals surface area contributed by atoms with E-state index in [-0.39, 0.29) is 6.42 Å². The molecule has 2 amide bonds. The van der Waals surface area contributed by atoms with E-state index >= 15 is 0 Å². The van der Waals surface area contributed by atoms with Gasteiger partial charge >= 0.3 is 12.0 Å². The second-order valence-electron chi connectivity index (χ2n) is 6.93. The number of carbonyl (C=O) groups excluding carboxylic acids is 1. The van der Waals surface area contributed by atoms with Crippen LogP contribution in [0.4, 0.5) is 16.2 Å². The molecule has 1 aromatic heterocycles. The van der Waals surface area contributed by atoms with E-state index in [9.17, 15) is 9.59 Å². The van der Waals surface area contributed by atoms with Crippen molar-refractivity contribution in [2.75, 3.05) is 10.6 Å². The molecule has 0 bridgehead atoms. The summed E-state index contributed by atoms with van der Waals surface area (Å²) in [5.41, 5.74) is 3.71. The minimum Gasteiger partial charge on any atom is -0.481 e. The lowest BCUT2D eigenvalue weighted by atomic mass is 9.97. The number of carboxylic acids is 1. The van der Waals surface area contributed by atoms with Gasteiger partial charge in [0.1, 0.15) is 0 Å². The van der Waals surface area contributed by atoms with Crippen LogP contribution in [0.3, 0.4) is 0 Å². The summed E-state index contributed by atoms with van der Waals surface area (Å²) in [4.78, 5) is 27.4. The largest absolute Gasteiger partial charge is 0.481 e. The number of benzene rings is 2. The molecule has 1 heterocycles. The minimum atomic E-state index is -0.820. The number of amides is 2. The van der Waals surface area contributed by atoms with E-state index in [1.807, 2.05) is 36.4 Å². The summed E-state index contributed by atoms with van der Waals surface area (Å²) in [5, 5.41) is 15.2. The number of pyridine rings is 1. The lowest BCUT2D eigenvalue weighted by Gasteiger charge is -2.12. The van der Waals surface area contributed by atoms with Gasteiger partial charge in [0.05, 0.1) is 10.7 Å². The maximum Gasteiger partial charge on any atom is 0.323 e. The standard InChI is InChI=1S/C24H21Cl2N3O3/c25-18-10-11-22(21(26)14-18)29-24(32)28-19-7-3-5-16(13-19)20(8-1-2-9-23(30)31)17-6-4-12-27-15-17/h3-8,10-15H,1-2,9H2,(H,30,31)(H2,28,29,32). The highest BCUT2D eigenvalue weighted by Crippen LogP contribution is 2.27. The number of urea groups is 1. The quantitative estimate of drug-likeness (QED) is 0.319. The highest BCUT2D eigenvalue weighted by molar-refractivity contribution is 6.36. The van der Waals surface area contributed by atoms with Crippen molar-refractivity contribution in [2.24, 2.45) is 0 Å². The number of allylic oxidation sites excluding steroid dienone is 1. The van der Waals surface area contributed by atoms with Crippen molar-refractivity contribution in [1.82, 2.24) is 4.98 Å². The molecule has 3 N–H and O–H groups in total. The van der Waals surface area contributed by atoms with Gasteiger partial charge in [0.15, 0.2) is 0 Å². The summed E-state index contributed by atoms with van der Waals surface area (Å²) in [6.07, 6.45) is 6.66. The first kappa shape index (κ1) is 23.3. The first-order chi connectivity index (χ1) is 15.4. The number of unbranched alkanes of at least 4 members (excludes halogenated alkanes) is 1. The van der Waals surface area contributed by atoms with E-state index < -0.39 is 12.0 Å². The zero-order chi connectivity index (χ0) is 22.9. The maximum absolute atomic E-state index is 12.5. The molecule has 0 spiro atoms. The Morgan fingerprint density at radius 1 is 1.00 bits per heavy atom. The molecule has 2 aromatic carbocycles. The van der Waals surface area contributed by atoms with Gasteiger partial charge in [-0.25, -0.2) is 4.79 Å². The van der Waals surface area contributed by atoms with Gasteiger partial charge in [-0.2, -0.15) is 0 Å². The second-order valence-corrected chi connectivity index (χ2v) is 7.77. The molecule has 0 atom stereocenters. The van der Waals surface area contributed by atoms with Crippen LogP contribution in [0, 0.1) is 0 Å². The molecule has 6 nitrogen and oxygen atoms in total. The van der Waals surface area contributed by atoms with E-state index in [1.54, 1.807) is 36.7 Å². The fraction of sp³-hybridized carbons (Fsp3) is 0.125. The van der Waals surface area contributed by atoms with Crippen LogP contribution in [-0.2, 0) is 4.79 Å². The summed E-state index contributed by atoms with van der Waals surface area (Å²) in [6, 6.07) is 15.5. The molecule has 32 heavy (non-hydrogen) atoms. The lowest BCUT2D eigenvalue weighted by Crippen LogP contribution is -2.19. The van der Waals surface area contributed by atoms with Gasteiger partial charge in [0, 0.05) is 35.1 Å². The van der Waals surface area contributed by atoms with Crippen molar-refractivity contribution in [2.45, 2.75) is 19.3 Å². The topological polar surface area (TPSA) is 91.3 Å². The molecule has 8 heteroatoms.